The number of aryl methyl sites for hydroxylation is 1. The average Bonchev–Trinajstić information content (AvgIpc) is 2.45. The Hall–Kier alpha value is -2.36. The number of rotatable bonds is 6. The molecule has 0 saturated carbocycles. The van der Waals surface area contributed by atoms with Gasteiger partial charge in [-0.1, -0.05) is 25.1 Å². The Morgan fingerprint density at radius 3 is 2.62 bits per heavy atom. The number of benzene rings is 2. The number of carboxylic acids is 1. The lowest BCUT2D eigenvalue weighted by Gasteiger charge is -2.13. The van der Waals surface area contributed by atoms with Crippen LogP contribution in [0.3, 0.4) is 0 Å². The second-order valence-corrected chi connectivity index (χ2v) is 4.96. The summed E-state index contributed by atoms with van der Waals surface area (Å²) < 4.78 is 5.32. The van der Waals surface area contributed by atoms with E-state index in [1.54, 1.807) is 12.1 Å². The highest BCUT2D eigenvalue weighted by atomic mass is 16.5. The highest BCUT2D eigenvalue weighted by Crippen LogP contribution is 2.31. The van der Waals surface area contributed by atoms with E-state index in [4.69, 9.17) is 9.84 Å². The van der Waals surface area contributed by atoms with Crippen LogP contribution in [0.25, 0.3) is 10.8 Å². The number of ketones is 1. The van der Waals surface area contributed by atoms with Gasteiger partial charge in [0.25, 0.3) is 0 Å². The molecule has 2 aromatic carbocycles. The zero-order valence-corrected chi connectivity index (χ0v) is 12.2. The summed E-state index contributed by atoms with van der Waals surface area (Å²) in [5.41, 5.74) is 1.65. The zero-order valence-electron chi connectivity index (χ0n) is 12.2. The second kappa shape index (κ2) is 6.39. The van der Waals surface area contributed by atoms with Gasteiger partial charge < -0.3 is 9.84 Å². The van der Waals surface area contributed by atoms with Crippen LogP contribution < -0.4 is 4.74 Å². The SMILES string of the molecule is CCCC(=O)c1ccc(OCC(=O)O)c2cccc(C)c12. The Balaban J connectivity index is 2.56. The Morgan fingerprint density at radius 2 is 1.95 bits per heavy atom. The van der Waals surface area contributed by atoms with Crippen molar-refractivity contribution in [3.8, 4) is 5.75 Å². The van der Waals surface area contributed by atoms with Crippen LogP contribution in [0.2, 0.25) is 0 Å². The fraction of sp³-hybridized carbons (Fsp3) is 0.294. The first-order valence-corrected chi connectivity index (χ1v) is 6.94. The summed E-state index contributed by atoms with van der Waals surface area (Å²) in [6, 6.07) is 9.06. The zero-order chi connectivity index (χ0) is 15.4. The molecule has 0 amide bonds. The summed E-state index contributed by atoms with van der Waals surface area (Å²) in [4.78, 5) is 22.9. The molecule has 2 aromatic rings. The number of carbonyl (C=O) groups excluding carboxylic acids is 1. The van der Waals surface area contributed by atoms with Crippen molar-refractivity contribution < 1.29 is 19.4 Å². The van der Waals surface area contributed by atoms with Crippen molar-refractivity contribution in [3.63, 3.8) is 0 Å². The Bertz CT molecular complexity index is 688. The normalized spacial score (nSPS) is 10.6. The predicted molar refractivity (Wildman–Crippen MR) is 81.1 cm³/mol. The maximum atomic E-state index is 12.3. The summed E-state index contributed by atoms with van der Waals surface area (Å²) in [5, 5.41) is 10.4. The van der Waals surface area contributed by atoms with Crippen molar-refractivity contribution >= 4 is 22.5 Å². The van der Waals surface area contributed by atoms with E-state index < -0.39 is 12.6 Å². The lowest BCUT2D eigenvalue weighted by atomic mass is 9.95. The molecule has 0 heterocycles. The Kier molecular flexibility index (Phi) is 4.58. The first-order valence-electron chi connectivity index (χ1n) is 6.94. The molecule has 1 N–H and O–H groups in total. The minimum absolute atomic E-state index is 0.0987. The fourth-order valence-corrected chi connectivity index (χ4v) is 2.42. The van der Waals surface area contributed by atoms with Crippen molar-refractivity contribution in [3.05, 3.63) is 41.5 Å². The molecule has 0 bridgehead atoms. The van der Waals surface area contributed by atoms with Crippen LogP contribution in [-0.4, -0.2) is 23.5 Å². The predicted octanol–water partition coefficient (Wildman–Crippen LogP) is 3.59. The fourth-order valence-electron chi connectivity index (χ4n) is 2.42. The van der Waals surface area contributed by atoms with Crippen LogP contribution in [0.1, 0.15) is 35.7 Å². The molecule has 0 atom stereocenters. The number of aliphatic carboxylic acids is 1. The molecular weight excluding hydrogens is 268 g/mol. The van der Waals surface area contributed by atoms with Crippen molar-refractivity contribution in [2.45, 2.75) is 26.7 Å². The van der Waals surface area contributed by atoms with Crippen LogP contribution >= 0.6 is 0 Å². The topological polar surface area (TPSA) is 63.6 Å². The van der Waals surface area contributed by atoms with E-state index in [1.165, 1.54) is 0 Å². The van der Waals surface area contributed by atoms with E-state index >= 15 is 0 Å². The maximum absolute atomic E-state index is 12.3. The molecule has 0 aliphatic carbocycles. The maximum Gasteiger partial charge on any atom is 0.341 e. The van der Waals surface area contributed by atoms with Gasteiger partial charge in [0.05, 0.1) is 0 Å². The first-order chi connectivity index (χ1) is 10.0. The molecule has 2 rings (SSSR count). The van der Waals surface area contributed by atoms with Crippen molar-refractivity contribution in [2.75, 3.05) is 6.61 Å². The van der Waals surface area contributed by atoms with Crippen LogP contribution in [0.15, 0.2) is 30.3 Å². The van der Waals surface area contributed by atoms with E-state index in [0.29, 0.717) is 17.7 Å². The molecule has 110 valence electrons. The molecule has 0 aliphatic heterocycles. The van der Waals surface area contributed by atoms with Crippen LogP contribution in [0.5, 0.6) is 5.75 Å². The van der Waals surface area contributed by atoms with Gasteiger partial charge in [-0.25, -0.2) is 4.79 Å². The summed E-state index contributed by atoms with van der Waals surface area (Å²) in [5.74, 6) is -0.437. The molecule has 0 spiro atoms. The number of ether oxygens (including phenoxy) is 1. The summed E-state index contributed by atoms with van der Waals surface area (Å²) in [7, 11) is 0. The molecule has 0 aromatic heterocycles. The second-order valence-electron chi connectivity index (χ2n) is 4.96. The molecule has 0 unspecified atom stereocenters. The molecule has 4 nitrogen and oxygen atoms in total. The average molecular weight is 286 g/mol. The standard InChI is InChI=1S/C17H18O4/c1-3-5-14(18)12-8-9-15(21-10-16(19)20)13-7-4-6-11(2)17(12)13/h4,6-9H,3,5,10H2,1-2H3,(H,19,20). The molecule has 21 heavy (non-hydrogen) atoms. The lowest BCUT2D eigenvalue weighted by Crippen LogP contribution is -2.10. The van der Waals surface area contributed by atoms with Gasteiger partial charge in [-0.15, -0.1) is 0 Å². The number of hydrogen-bond acceptors (Lipinski definition) is 3. The van der Waals surface area contributed by atoms with E-state index in [-0.39, 0.29) is 5.78 Å². The summed E-state index contributed by atoms with van der Waals surface area (Å²) in [6.07, 6.45) is 1.29. The number of fused-ring (bicyclic) bond motifs is 1. The van der Waals surface area contributed by atoms with Crippen LogP contribution in [0, 0.1) is 6.92 Å². The first kappa shape index (κ1) is 15.0. The van der Waals surface area contributed by atoms with E-state index in [2.05, 4.69) is 0 Å². The molecular formula is C17H18O4. The van der Waals surface area contributed by atoms with Gasteiger partial charge >= 0.3 is 5.97 Å². The minimum atomic E-state index is -1.03. The molecule has 0 aliphatic rings. The molecule has 0 radical (unpaired) electrons. The van der Waals surface area contributed by atoms with Crippen LogP contribution in [0.4, 0.5) is 0 Å². The minimum Gasteiger partial charge on any atom is -0.481 e. The summed E-state index contributed by atoms with van der Waals surface area (Å²) >= 11 is 0. The number of Topliss-reactive ketones (excluding diaryl/α,β-unsaturated/α-hetero) is 1. The van der Waals surface area contributed by atoms with E-state index in [9.17, 15) is 9.59 Å². The highest BCUT2D eigenvalue weighted by molar-refractivity contribution is 6.10. The van der Waals surface area contributed by atoms with Gasteiger partial charge in [-0.05, 0) is 36.4 Å². The number of carboxylic acid groups (broad SMARTS) is 1. The molecule has 0 saturated heterocycles. The Labute approximate surface area is 123 Å². The van der Waals surface area contributed by atoms with Crippen molar-refractivity contribution in [2.24, 2.45) is 0 Å². The van der Waals surface area contributed by atoms with Gasteiger partial charge in [-0.3, -0.25) is 4.79 Å². The third-order valence-electron chi connectivity index (χ3n) is 3.34. The summed E-state index contributed by atoms with van der Waals surface area (Å²) in [6.45, 7) is 3.51. The van der Waals surface area contributed by atoms with Crippen LogP contribution in [-0.2, 0) is 4.79 Å². The van der Waals surface area contributed by atoms with Gasteiger partial charge in [0, 0.05) is 17.4 Å². The van der Waals surface area contributed by atoms with Gasteiger partial charge in [0.15, 0.2) is 12.4 Å². The molecule has 4 heteroatoms. The monoisotopic (exact) mass is 286 g/mol. The van der Waals surface area contributed by atoms with Gasteiger partial charge in [0.2, 0.25) is 0 Å². The smallest absolute Gasteiger partial charge is 0.341 e. The third kappa shape index (κ3) is 3.21. The van der Waals surface area contributed by atoms with Gasteiger partial charge in [0.1, 0.15) is 5.75 Å². The Morgan fingerprint density at radius 1 is 1.19 bits per heavy atom. The van der Waals surface area contributed by atoms with Crippen molar-refractivity contribution in [1.29, 1.82) is 0 Å². The third-order valence-corrected chi connectivity index (χ3v) is 3.34. The largest absolute Gasteiger partial charge is 0.481 e. The van der Waals surface area contributed by atoms with E-state index in [1.807, 2.05) is 32.0 Å². The van der Waals surface area contributed by atoms with E-state index in [0.717, 1.165) is 22.8 Å². The number of carbonyl (C=O) groups is 2. The lowest BCUT2D eigenvalue weighted by molar-refractivity contribution is -0.139. The van der Waals surface area contributed by atoms with Crippen molar-refractivity contribution in [1.82, 2.24) is 0 Å². The quantitative estimate of drug-likeness (QED) is 0.824. The highest BCUT2D eigenvalue weighted by Gasteiger charge is 2.14. The molecule has 0 fully saturated rings. The number of hydrogen-bond donors (Lipinski definition) is 1. The van der Waals surface area contributed by atoms with Gasteiger partial charge in [-0.2, -0.15) is 0 Å².